The summed E-state index contributed by atoms with van der Waals surface area (Å²) in [5.74, 6) is -0.0211. The molecule has 0 aromatic heterocycles. The van der Waals surface area contributed by atoms with Gasteiger partial charge in [0.05, 0.1) is 4.47 Å². The molecular weight excluding hydrogens is 331 g/mol. The Balaban J connectivity index is 2.61. The number of aliphatic hydroxyl groups is 1. The van der Waals surface area contributed by atoms with Crippen LogP contribution < -0.4 is 14.8 Å². The van der Waals surface area contributed by atoms with Gasteiger partial charge in [-0.2, -0.15) is 0 Å². The summed E-state index contributed by atoms with van der Waals surface area (Å²) in [4.78, 5) is 0. The van der Waals surface area contributed by atoms with Gasteiger partial charge in [0.1, 0.15) is 24.2 Å². The number of likely N-dealkylation sites (N-methyl/N-ethyl adjacent to an activating group) is 1. The highest BCUT2D eigenvalue weighted by Gasteiger charge is 2.31. The Morgan fingerprint density at radius 2 is 2.11 bits per heavy atom. The van der Waals surface area contributed by atoms with Crippen molar-refractivity contribution in [3.8, 4) is 11.5 Å². The average Bonchev–Trinajstić information content (AvgIpc) is 2.28. The third-order valence-electron chi connectivity index (χ3n) is 2.01. The second-order valence-electron chi connectivity index (χ2n) is 3.66. The highest BCUT2D eigenvalue weighted by Crippen LogP contribution is 2.33. The first-order valence-electron chi connectivity index (χ1n) is 5.32. The molecule has 1 unspecified atom stereocenters. The van der Waals surface area contributed by atoms with Gasteiger partial charge in [0, 0.05) is 6.54 Å². The molecule has 2 N–H and O–H groups in total. The minimum Gasteiger partial charge on any atom is -0.491 e. The molecule has 0 aliphatic rings. The average molecular weight is 344 g/mol. The lowest BCUT2D eigenvalue weighted by Gasteiger charge is -2.14. The van der Waals surface area contributed by atoms with Crippen LogP contribution in [0.2, 0.25) is 0 Å². The number of hydrogen-bond donors (Lipinski definition) is 2. The highest BCUT2D eigenvalue weighted by molar-refractivity contribution is 9.10. The van der Waals surface area contributed by atoms with Gasteiger partial charge in [0.15, 0.2) is 0 Å². The summed E-state index contributed by atoms with van der Waals surface area (Å²) in [6.45, 7) is 0.392. The second-order valence-corrected chi connectivity index (χ2v) is 4.52. The highest BCUT2D eigenvalue weighted by atomic mass is 79.9. The molecule has 0 aliphatic carbocycles. The molecule has 19 heavy (non-hydrogen) atoms. The Hall–Kier alpha value is -0.990. The van der Waals surface area contributed by atoms with E-state index in [1.165, 1.54) is 12.1 Å². The van der Waals surface area contributed by atoms with Gasteiger partial charge in [-0.05, 0) is 41.2 Å². The molecular formula is C11H13BrF3NO3. The first-order valence-corrected chi connectivity index (χ1v) is 6.12. The predicted molar refractivity (Wildman–Crippen MR) is 66.3 cm³/mol. The standard InChI is InChI=1S/C11H13BrF3NO3/c1-16-5-7(17)6-18-8-2-3-10(9(12)4-8)19-11(13,14)15/h2-4,7,16-17H,5-6H2,1H3. The van der Waals surface area contributed by atoms with Gasteiger partial charge in [0.2, 0.25) is 0 Å². The maximum absolute atomic E-state index is 12.0. The van der Waals surface area contributed by atoms with Gasteiger partial charge < -0.3 is 19.9 Å². The Bertz CT molecular complexity index is 415. The molecule has 1 aromatic rings. The van der Waals surface area contributed by atoms with Crippen molar-refractivity contribution in [3.63, 3.8) is 0 Å². The Kier molecular flexibility index (Phi) is 5.89. The topological polar surface area (TPSA) is 50.7 Å². The van der Waals surface area contributed by atoms with E-state index in [9.17, 15) is 18.3 Å². The van der Waals surface area contributed by atoms with Crippen LogP contribution in [0.25, 0.3) is 0 Å². The van der Waals surface area contributed by atoms with E-state index < -0.39 is 12.5 Å². The summed E-state index contributed by atoms with van der Waals surface area (Å²) in [7, 11) is 1.68. The largest absolute Gasteiger partial charge is 0.573 e. The molecule has 1 aromatic carbocycles. The molecule has 0 fully saturated rings. The van der Waals surface area contributed by atoms with Crippen LogP contribution in [0.1, 0.15) is 0 Å². The van der Waals surface area contributed by atoms with Crippen molar-refractivity contribution < 1.29 is 27.8 Å². The zero-order chi connectivity index (χ0) is 14.5. The molecule has 0 amide bonds. The zero-order valence-corrected chi connectivity index (χ0v) is 11.6. The van der Waals surface area contributed by atoms with Crippen molar-refractivity contribution in [2.24, 2.45) is 0 Å². The number of halogens is 4. The summed E-state index contributed by atoms with van der Waals surface area (Å²) in [6.07, 6.45) is -5.44. The summed E-state index contributed by atoms with van der Waals surface area (Å²) < 4.78 is 45.3. The van der Waals surface area contributed by atoms with Crippen molar-refractivity contribution >= 4 is 15.9 Å². The molecule has 0 radical (unpaired) electrons. The van der Waals surface area contributed by atoms with E-state index in [0.29, 0.717) is 12.3 Å². The van der Waals surface area contributed by atoms with Crippen LogP contribution in [0.3, 0.4) is 0 Å². The summed E-state index contributed by atoms with van der Waals surface area (Å²) in [6, 6.07) is 3.81. The number of alkyl halides is 3. The Morgan fingerprint density at radius 3 is 2.63 bits per heavy atom. The van der Waals surface area contributed by atoms with Crippen molar-refractivity contribution in [2.75, 3.05) is 20.2 Å². The van der Waals surface area contributed by atoms with Crippen LogP contribution in [-0.4, -0.2) is 37.8 Å². The molecule has 1 atom stereocenters. The molecule has 8 heteroatoms. The van der Waals surface area contributed by atoms with E-state index >= 15 is 0 Å². The summed E-state index contributed by atoms with van der Waals surface area (Å²) in [5, 5.41) is 12.2. The predicted octanol–water partition coefficient (Wildman–Crippen LogP) is 2.31. The van der Waals surface area contributed by atoms with Crippen LogP contribution in [0.5, 0.6) is 11.5 Å². The van der Waals surface area contributed by atoms with Crippen LogP contribution in [0.4, 0.5) is 13.2 Å². The monoisotopic (exact) mass is 343 g/mol. The van der Waals surface area contributed by atoms with Crippen molar-refractivity contribution in [1.82, 2.24) is 5.32 Å². The van der Waals surface area contributed by atoms with E-state index in [4.69, 9.17) is 4.74 Å². The molecule has 0 aliphatic heterocycles. The van der Waals surface area contributed by atoms with Gasteiger partial charge in [-0.25, -0.2) is 0 Å². The van der Waals surface area contributed by atoms with E-state index in [-0.39, 0.29) is 16.8 Å². The number of rotatable bonds is 6. The molecule has 4 nitrogen and oxygen atoms in total. The van der Waals surface area contributed by atoms with E-state index in [1.807, 2.05) is 0 Å². The van der Waals surface area contributed by atoms with Crippen LogP contribution in [0.15, 0.2) is 22.7 Å². The number of aliphatic hydroxyl groups excluding tert-OH is 1. The third kappa shape index (κ3) is 6.13. The van der Waals surface area contributed by atoms with Crippen molar-refractivity contribution in [1.29, 1.82) is 0 Å². The Morgan fingerprint density at radius 1 is 1.42 bits per heavy atom. The lowest BCUT2D eigenvalue weighted by Crippen LogP contribution is -2.29. The van der Waals surface area contributed by atoms with Gasteiger partial charge in [-0.1, -0.05) is 0 Å². The quantitative estimate of drug-likeness (QED) is 0.832. The van der Waals surface area contributed by atoms with Crippen LogP contribution in [-0.2, 0) is 0 Å². The minimum absolute atomic E-state index is 0.0345. The molecule has 0 bridgehead atoms. The van der Waals surface area contributed by atoms with Gasteiger partial charge in [-0.3, -0.25) is 0 Å². The molecule has 0 spiro atoms. The smallest absolute Gasteiger partial charge is 0.491 e. The van der Waals surface area contributed by atoms with E-state index in [0.717, 1.165) is 6.07 Å². The zero-order valence-electron chi connectivity index (χ0n) is 10.00. The fourth-order valence-electron chi connectivity index (χ4n) is 1.27. The van der Waals surface area contributed by atoms with Crippen LogP contribution >= 0.6 is 15.9 Å². The summed E-state index contributed by atoms with van der Waals surface area (Å²) in [5.41, 5.74) is 0. The van der Waals surface area contributed by atoms with Crippen molar-refractivity contribution in [3.05, 3.63) is 22.7 Å². The molecule has 1 rings (SSSR count). The second kappa shape index (κ2) is 6.97. The maximum Gasteiger partial charge on any atom is 0.573 e. The van der Waals surface area contributed by atoms with E-state index in [2.05, 4.69) is 26.0 Å². The first kappa shape index (κ1) is 16.1. The lowest BCUT2D eigenvalue weighted by atomic mass is 10.3. The molecule has 0 saturated heterocycles. The van der Waals surface area contributed by atoms with Gasteiger partial charge >= 0.3 is 6.36 Å². The SMILES string of the molecule is CNCC(O)COc1ccc(OC(F)(F)F)c(Br)c1. The Labute approximate surface area is 116 Å². The minimum atomic E-state index is -4.74. The molecule has 108 valence electrons. The number of benzene rings is 1. The maximum atomic E-state index is 12.0. The fraction of sp³-hybridized carbons (Fsp3) is 0.455. The lowest BCUT2D eigenvalue weighted by molar-refractivity contribution is -0.274. The normalized spacial score (nSPS) is 13.2. The van der Waals surface area contributed by atoms with Gasteiger partial charge in [-0.15, -0.1) is 13.2 Å². The van der Waals surface area contributed by atoms with Crippen LogP contribution in [0, 0.1) is 0 Å². The first-order chi connectivity index (χ1) is 8.81. The number of ether oxygens (including phenoxy) is 2. The number of hydrogen-bond acceptors (Lipinski definition) is 4. The van der Waals surface area contributed by atoms with E-state index in [1.54, 1.807) is 7.05 Å². The van der Waals surface area contributed by atoms with Crippen molar-refractivity contribution in [2.45, 2.75) is 12.5 Å². The fourth-order valence-corrected chi connectivity index (χ4v) is 1.70. The molecule has 0 saturated carbocycles. The molecule has 0 heterocycles. The third-order valence-corrected chi connectivity index (χ3v) is 2.63. The van der Waals surface area contributed by atoms with Gasteiger partial charge in [0.25, 0.3) is 0 Å². The number of nitrogens with one attached hydrogen (secondary N) is 1. The summed E-state index contributed by atoms with van der Waals surface area (Å²) >= 11 is 2.96.